The molecule has 1 spiro atoms. The number of amides is 3. The Labute approximate surface area is 325 Å². The number of nitrogens with two attached hydrogens (primary N) is 1. The van der Waals surface area contributed by atoms with Gasteiger partial charge in [-0.05, 0) is 116 Å². The van der Waals surface area contributed by atoms with Gasteiger partial charge in [0, 0.05) is 46.5 Å². The third-order valence-corrected chi connectivity index (χ3v) is 13.5. The monoisotopic (exact) mass is 844 g/mol. The highest BCUT2D eigenvalue weighted by Crippen LogP contribution is 2.58. The number of halogens is 3. The number of aliphatic imine (C=N–C) groups is 1. The molecule has 2 atom stereocenters. The van der Waals surface area contributed by atoms with Crippen molar-refractivity contribution in [3.8, 4) is 5.75 Å². The summed E-state index contributed by atoms with van der Waals surface area (Å²) in [7, 11) is 0. The quantitative estimate of drug-likeness (QED) is 0.147. The maximum absolute atomic E-state index is 15.4. The Morgan fingerprint density at radius 3 is 2.00 bits per heavy atom. The summed E-state index contributed by atoms with van der Waals surface area (Å²) in [5, 5.41) is 1.22. The topological polar surface area (TPSA) is 104 Å². The molecule has 4 heterocycles. The van der Waals surface area contributed by atoms with Crippen molar-refractivity contribution in [1.82, 2.24) is 19.7 Å². The number of alkyl halides is 1. The van der Waals surface area contributed by atoms with Crippen molar-refractivity contribution in [3.63, 3.8) is 0 Å². The second-order valence-electron chi connectivity index (χ2n) is 15.2. The van der Waals surface area contributed by atoms with Crippen LogP contribution in [0.3, 0.4) is 0 Å². The Bertz CT molecular complexity index is 1800. The summed E-state index contributed by atoms with van der Waals surface area (Å²) in [5.41, 5.74) is 7.75. The molecule has 51 heavy (non-hydrogen) atoms. The molecular formula is C39H47Cl2IN6O3. The maximum Gasteiger partial charge on any atom is 0.327 e. The molecule has 12 heteroatoms. The minimum atomic E-state index is -1.03. The van der Waals surface area contributed by atoms with E-state index in [9.17, 15) is 4.79 Å². The standard InChI is InChI=1S/C39H47Cl2IN6O3/c1-6-51-31-23-32(36(2,3)4)44-24-30(31)34-45-37(5,26-7-11-28(40)12-8-26)39(42,27-9-13-29(41)14-10-27)48(34)35(50)47-21-17-38(18-22-47)15-19-46(20-16-38)25-33(43)49/h7-14,23-24H,6,15-22,25H2,1-5H3,(H2,43,49)/t37-,39+/m0/s1. The van der Waals surface area contributed by atoms with Crippen LogP contribution in [0.25, 0.3) is 0 Å². The predicted molar refractivity (Wildman–Crippen MR) is 212 cm³/mol. The van der Waals surface area contributed by atoms with Crippen molar-refractivity contribution in [3.05, 3.63) is 93.2 Å². The zero-order valence-corrected chi connectivity index (χ0v) is 33.7. The number of nitrogens with zero attached hydrogens (tertiary/aromatic N) is 5. The van der Waals surface area contributed by atoms with Gasteiger partial charge in [0.1, 0.15) is 17.1 Å². The largest absolute Gasteiger partial charge is 0.493 e. The highest BCUT2D eigenvalue weighted by Gasteiger charge is 2.62. The van der Waals surface area contributed by atoms with Gasteiger partial charge in [-0.15, -0.1) is 0 Å². The zero-order valence-electron chi connectivity index (χ0n) is 30.0. The summed E-state index contributed by atoms with van der Waals surface area (Å²) < 4.78 is 5.27. The number of hydrogen-bond donors (Lipinski definition) is 1. The molecule has 0 unspecified atom stereocenters. The second kappa shape index (κ2) is 14.5. The Morgan fingerprint density at radius 2 is 1.47 bits per heavy atom. The Hall–Kier alpha value is -2.93. The normalized spacial score (nSPS) is 23.7. The van der Waals surface area contributed by atoms with E-state index in [0.717, 1.165) is 55.6 Å². The maximum atomic E-state index is 15.4. The molecule has 3 amide bonds. The van der Waals surface area contributed by atoms with E-state index < -0.39 is 9.08 Å². The van der Waals surface area contributed by atoms with Gasteiger partial charge in [-0.3, -0.25) is 24.6 Å². The smallest absolute Gasteiger partial charge is 0.327 e. The number of piperidine rings is 2. The van der Waals surface area contributed by atoms with Gasteiger partial charge in [0.2, 0.25) is 5.91 Å². The van der Waals surface area contributed by atoms with Crippen molar-refractivity contribution in [2.75, 3.05) is 39.3 Å². The summed E-state index contributed by atoms with van der Waals surface area (Å²) in [4.78, 5) is 43.3. The molecule has 1 aromatic heterocycles. The Balaban J connectivity index is 1.46. The molecule has 0 radical (unpaired) electrons. The van der Waals surface area contributed by atoms with E-state index in [4.69, 9.17) is 43.6 Å². The van der Waals surface area contributed by atoms with Crippen LogP contribution in [0, 0.1) is 5.41 Å². The van der Waals surface area contributed by atoms with Crippen LogP contribution in [0.4, 0.5) is 4.79 Å². The highest BCUT2D eigenvalue weighted by atomic mass is 127. The predicted octanol–water partition coefficient (Wildman–Crippen LogP) is 8.13. The van der Waals surface area contributed by atoms with Gasteiger partial charge in [-0.2, -0.15) is 0 Å². The number of primary amides is 1. The summed E-state index contributed by atoms with van der Waals surface area (Å²) in [6.45, 7) is 14.0. The summed E-state index contributed by atoms with van der Waals surface area (Å²) in [6.07, 6.45) is 5.55. The van der Waals surface area contributed by atoms with Crippen molar-refractivity contribution in [2.45, 2.75) is 74.8 Å². The fraction of sp³-hybridized carbons (Fsp3) is 0.487. The molecule has 2 aromatic carbocycles. The first kappa shape index (κ1) is 37.8. The second-order valence-corrected chi connectivity index (χ2v) is 17.7. The van der Waals surface area contributed by atoms with Crippen molar-refractivity contribution >= 4 is 63.6 Å². The average molecular weight is 846 g/mol. The lowest BCUT2D eigenvalue weighted by Crippen LogP contribution is -2.58. The van der Waals surface area contributed by atoms with Crippen LogP contribution in [-0.2, 0) is 19.3 Å². The van der Waals surface area contributed by atoms with Crippen LogP contribution in [0.1, 0.15) is 82.7 Å². The van der Waals surface area contributed by atoms with E-state index in [1.807, 2.05) is 77.5 Å². The third kappa shape index (κ3) is 7.22. The molecule has 3 aromatic rings. The van der Waals surface area contributed by atoms with Crippen LogP contribution >= 0.6 is 45.8 Å². The zero-order chi connectivity index (χ0) is 36.8. The molecule has 272 valence electrons. The summed E-state index contributed by atoms with van der Waals surface area (Å²) >= 11 is 15.3. The molecule has 0 aliphatic carbocycles. The highest BCUT2D eigenvalue weighted by molar-refractivity contribution is 14.1. The molecule has 0 saturated carbocycles. The van der Waals surface area contributed by atoms with E-state index in [0.29, 0.717) is 53.4 Å². The van der Waals surface area contributed by atoms with E-state index in [-0.39, 0.29) is 22.8 Å². The minimum absolute atomic E-state index is 0.126. The molecule has 3 aliphatic rings. The van der Waals surface area contributed by atoms with Crippen LogP contribution in [-0.4, -0.2) is 76.8 Å². The first-order valence-corrected chi connectivity index (χ1v) is 19.5. The molecular weight excluding hydrogens is 798 g/mol. The van der Waals surface area contributed by atoms with Gasteiger partial charge in [-0.25, -0.2) is 4.79 Å². The molecule has 9 nitrogen and oxygen atoms in total. The van der Waals surface area contributed by atoms with E-state index in [1.165, 1.54) is 0 Å². The van der Waals surface area contributed by atoms with Gasteiger partial charge >= 0.3 is 6.03 Å². The number of aromatic nitrogens is 1. The van der Waals surface area contributed by atoms with Crippen LogP contribution in [0.15, 0.2) is 65.8 Å². The van der Waals surface area contributed by atoms with E-state index >= 15 is 4.79 Å². The molecule has 2 N–H and O–H groups in total. The fourth-order valence-corrected chi connectivity index (χ4v) is 9.20. The number of pyridine rings is 1. The summed E-state index contributed by atoms with van der Waals surface area (Å²) in [6, 6.07) is 17.2. The minimum Gasteiger partial charge on any atom is -0.493 e. The number of likely N-dealkylation sites (tertiary alicyclic amines) is 2. The lowest BCUT2D eigenvalue weighted by atomic mass is 9.71. The SMILES string of the molecule is CCOc1cc(C(C)(C)C)ncc1C1=N[C@@](C)(c2ccc(Cl)cc2)[C@@](I)(c2ccc(Cl)cc2)N1C(=O)N1CCC2(CCN(CC(N)=O)CC2)CC1. The number of carbonyl (C=O) groups is 2. The fourth-order valence-electron chi connectivity index (χ4n) is 7.72. The number of urea groups is 1. The molecule has 2 fully saturated rings. The number of carbonyl (C=O) groups excluding carboxylic acids is 2. The molecule has 3 aliphatic heterocycles. The number of amidine groups is 1. The lowest BCUT2D eigenvalue weighted by molar-refractivity contribution is -0.119. The van der Waals surface area contributed by atoms with Crippen LogP contribution in [0.5, 0.6) is 5.75 Å². The van der Waals surface area contributed by atoms with Gasteiger partial charge in [0.15, 0.2) is 3.55 Å². The van der Waals surface area contributed by atoms with Gasteiger partial charge < -0.3 is 15.4 Å². The number of ether oxygens (including phenoxy) is 1. The average Bonchev–Trinajstić information content (AvgIpc) is 3.33. The Kier molecular flexibility index (Phi) is 10.7. The third-order valence-electron chi connectivity index (χ3n) is 10.9. The Morgan fingerprint density at radius 1 is 0.922 bits per heavy atom. The lowest BCUT2D eigenvalue weighted by Gasteiger charge is -2.49. The summed E-state index contributed by atoms with van der Waals surface area (Å²) in [5.74, 6) is 0.835. The van der Waals surface area contributed by atoms with Crippen LogP contribution in [0.2, 0.25) is 10.0 Å². The van der Waals surface area contributed by atoms with Gasteiger partial charge in [0.25, 0.3) is 0 Å². The number of rotatable bonds is 7. The number of hydrogen-bond acceptors (Lipinski definition) is 6. The van der Waals surface area contributed by atoms with Crippen molar-refractivity contribution in [2.24, 2.45) is 16.1 Å². The van der Waals surface area contributed by atoms with Crippen molar-refractivity contribution < 1.29 is 14.3 Å². The molecule has 6 rings (SSSR count). The first-order chi connectivity index (χ1) is 24.1. The van der Waals surface area contributed by atoms with E-state index in [1.54, 1.807) is 0 Å². The van der Waals surface area contributed by atoms with Gasteiger partial charge in [-0.1, -0.05) is 68.2 Å². The number of benzene rings is 2. The molecule has 0 bridgehead atoms. The van der Waals surface area contributed by atoms with E-state index in [2.05, 4.69) is 55.2 Å². The van der Waals surface area contributed by atoms with Crippen LogP contribution < -0.4 is 10.5 Å². The van der Waals surface area contributed by atoms with Crippen molar-refractivity contribution in [1.29, 1.82) is 0 Å². The first-order valence-electron chi connectivity index (χ1n) is 17.6. The molecule has 2 saturated heterocycles. The van der Waals surface area contributed by atoms with Gasteiger partial charge in [0.05, 0.1) is 18.7 Å².